The van der Waals surface area contributed by atoms with Crippen molar-refractivity contribution in [3.05, 3.63) is 5.01 Å². The van der Waals surface area contributed by atoms with Crippen LogP contribution in [0, 0.1) is 0 Å². The Balaban J connectivity index is 2.44. The summed E-state index contributed by atoms with van der Waals surface area (Å²) in [6.07, 6.45) is 0. The molecule has 6 nitrogen and oxygen atoms in total. The Hall–Kier alpha value is -1.21. The zero-order valence-corrected chi connectivity index (χ0v) is 11.3. The highest BCUT2D eigenvalue weighted by Crippen LogP contribution is 2.22. The molecule has 0 saturated carbocycles. The summed E-state index contributed by atoms with van der Waals surface area (Å²) < 4.78 is 4.92. The molecule has 0 saturated heterocycles. The maximum Gasteiger partial charge on any atom is 0.321 e. The molecule has 1 heterocycles. The number of aromatic nitrogens is 2. The second-order valence-electron chi connectivity index (χ2n) is 4.06. The molecule has 0 aliphatic carbocycles. The Morgan fingerprint density at radius 1 is 1.41 bits per heavy atom. The smallest absolute Gasteiger partial charge is 0.321 e. The fraction of sp³-hybridized carbons (Fsp3) is 0.700. The molecule has 0 unspecified atom stereocenters. The van der Waals surface area contributed by atoms with E-state index in [0.29, 0.717) is 17.7 Å². The highest BCUT2D eigenvalue weighted by molar-refractivity contribution is 7.15. The maximum absolute atomic E-state index is 11.5. The van der Waals surface area contributed by atoms with Gasteiger partial charge in [0.15, 0.2) is 0 Å². The molecule has 2 amide bonds. The minimum absolute atomic E-state index is 0.0440. The van der Waals surface area contributed by atoms with Crippen molar-refractivity contribution in [1.82, 2.24) is 15.5 Å². The predicted octanol–water partition coefficient (Wildman–Crippen LogP) is 1.82. The molecule has 0 aliphatic heterocycles. The van der Waals surface area contributed by atoms with Crippen molar-refractivity contribution in [3.63, 3.8) is 0 Å². The average Bonchev–Trinajstić information content (AvgIpc) is 2.66. The number of carbonyl (C=O) groups excluding carboxylic acids is 1. The summed E-state index contributed by atoms with van der Waals surface area (Å²) in [6.45, 7) is 6.40. The monoisotopic (exact) mass is 258 g/mol. The van der Waals surface area contributed by atoms with Crippen LogP contribution in [0.5, 0.6) is 0 Å². The van der Waals surface area contributed by atoms with E-state index in [1.807, 2.05) is 20.8 Å². The molecule has 1 rings (SSSR count). The van der Waals surface area contributed by atoms with Crippen LogP contribution in [-0.4, -0.2) is 36.0 Å². The third kappa shape index (κ3) is 4.66. The molecule has 96 valence electrons. The number of carbonyl (C=O) groups is 1. The molecule has 1 atom stereocenters. The molecular weight excluding hydrogens is 240 g/mol. The van der Waals surface area contributed by atoms with E-state index in [9.17, 15) is 4.79 Å². The van der Waals surface area contributed by atoms with Gasteiger partial charge in [0.2, 0.25) is 5.13 Å². The zero-order chi connectivity index (χ0) is 12.8. The van der Waals surface area contributed by atoms with Gasteiger partial charge in [0, 0.05) is 13.0 Å². The summed E-state index contributed by atoms with van der Waals surface area (Å²) in [5.74, 6) is 0.318. The first kappa shape index (κ1) is 13.9. The highest BCUT2D eigenvalue weighted by Gasteiger charge is 2.11. The summed E-state index contributed by atoms with van der Waals surface area (Å²) >= 11 is 1.38. The topological polar surface area (TPSA) is 76.1 Å². The van der Waals surface area contributed by atoms with Crippen LogP contribution in [0.15, 0.2) is 0 Å². The maximum atomic E-state index is 11.5. The van der Waals surface area contributed by atoms with E-state index in [0.717, 1.165) is 5.01 Å². The van der Waals surface area contributed by atoms with Gasteiger partial charge in [0.25, 0.3) is 0 Å². The molecule has 1 aromatic heterocycles. The number of amides is 2. The number of ether oxygens (including phenoxy) is 1. The lowest BCUT2D eigenvalue weighted by Gasteiger charge is -2.12. The number of hydrogen-bond acceptors (Lipinski definition) is 5. The molecule has 17 heavy (non-hydrogen) atoms. The Labute approximate surface area is 105 Å². The number of nitrogens with zero attached hydrogens (tertiary/aromatic N) is 2. The molecule has 0 fully saturated rings. The van der Waals surface area contributed by atoms with Gasteiger partial charge in [0.05, 0.1) is 12.6 Å². The van der Waals surface area contributed by atoms with Gasteiger partial charge in [-0.2, -0.15) is 0 Å². The van der Waals surface area contributed by atoms with E-state index in [4.69, 9.17) is 4.74 Å². The molecule has 0 radical (unpaired) electrons. The van der Waals surface area contributed by atoms with E-state index < -0.39 is 0 Å². The van der Waals surface area contributed by atoms with Crippen LogP contribution in [0.3, 0.4) is 0 Å². The van der Waals surface area contributed by atoms with E-state index in [1.165, 1.54) is 11.3 Å². The quantitative estimate of drug-likeness (QED) is 0.844. The van der Waals surface area contributed by atoms with Crippen LogP contribution in [0.1, 0.15) is 31.7 Å². The summed E-state index contributed by atoms with van der Waals surface area (Å²) in [7, 11) is 1.59. The fourth-order valence-corrected chi connectivity index (χ4v) is 1.91. The lowest BCUT2D eigenvalue weighted by Crippen LogP contribution is -2.38. The first-order chi connectivity index (χ1) is 8.02. The van der Waals surface area contributed by atoms with Crippen LogP contribution in [0.2, 0.25) is 0 Å². The Bertz CT molecular complexity index is 367. The lowest BCUT2D eigenvalue weighted by atomic mass is 10.2. The molecule has 0 aromatic carbocycles. The Morgan fingerprint density at radius 3 is 2.65 bits per heavy atom. The van der Waals surface area contributed by atoms with Crippen LogP contribution < -0.4 is 10.6 Å². The molecule has 0 aliphatic rings. The molecule has 0 spiro atoms. The number of rotatable bonds is 5. The molecular formula is C10H18N4O2S. The normalized spacial score (nSPS) is 12.5. The van der Waals surface area contributed by atoms with E-state index in [2.05, 4.69) is 20.8 Å². The van der Waals surface area contributed by atoms with E-state index >= 15 is 0 Å². The van der Waals surface area contributed by atoms with E-state index in [-0.39, 0.29) is 12.1 Å². The van der Waals surface area contributed by atoms with Crippen molar-refractivity contribution in [3.8, 4) is 0 Å². The summed E-state index contributed by atoms with van der Waals surface area (Å²) in [6, 6.07) is -0.335. The SMILES string of the molecule is COC[C@H](C)NC(=O)Nc1nnc(C(C)C)s1. The van der Waals surface area contributed by atoms with Crippen molar-refractivity contribution >= 4 is 22.5 Å². The number of hydrogen-bond donors (Lipinski definition) is 2. The van der Waals surface area contributed by atoms with Crippen molar-refractivity contribution in [1.29, 1.82) is 0 Å². The molecule has 7 heteroatoms. The largest absolute Gasteiger partial charge is 0.383 e. The van der Waals surface area contributed by atoms with Crippen molar-refractivity contribution in [2.75, 3.05) is 19.0 Å². The number of methoxy groups -OCH3 is 1. The van der Waals surface area contributed by atoms with Gasteiger partial charge >= 0.3 is 6.03 Å². The Morgan fingerprint density at radius 2 is 2.12 bits per heavy atom. The standard InChI is InChI=1S/C10H18N4O2S/c1-6(2)8-13-14-10(17-8)12-9(15)11-7(3)5-16-4/h6-7H,5H2,1-4H3,(H2,11,12,14,15)/t7-/m0/s1. The van der Waals surface area contributed by atoms with Gasteiger partial charge in [-0.15, -0.1) is 10.2 Å². The van der Waals surface area contributed by atoms with Gasteiger partial charge in [-0.25, -0.2) is 4.79 Å². The second-order valence-corrected chi connectivity index (χ2v) is 5.06. The van der Waals surface area contributed by atoms with Gasteiger partial charge in [-0.3, -0.25) is 5.32 Å². The predicted molar refractivity (Wildman–Crippen MR) is 67.5 cm³/mol. The highest BCUT2D eigenvalue weighted by atomic mass is 32.1. The van der Waals surface area contributed by atoms with Crippen molar-refractivity contribution in [2.24, 2.45) is 0 Å². The molecule has 2 N–H and O–H groups in total. The molecule has 0 bridgehead atoms. The van der Waals surface area contributed by atoms with Crippen LogP contribution in [-0.2, 0) is 4.74 Å². The summed E-state index contributed by atoms with van der Waals surface area (Å²) in [5.41, 5.74) is 0. The second kappa shape index (κ2) is 6.51. The summed E-state index contributed by atoms with van der Waals surface area (Å²) in [4.78, 5) is 11.5. The third-order valence-corrected chi connectivity index (χ3v) is 3.09. The van der Waals surface area contributed by atoms with Gasteiger partial charge in [-0.05, 0) is 6.92 Å². The van der Waals surface area contributed by atoms with Crippen LogP contribution in [0.25, 0.3) is 0 Å². The minimum Gasteiger partial charge on any atom is -0.383 e. The third-order valence-electron chi connectivity index (χ3n) is 1.95. The first-order valence-corrected chi connectivity index (χ1v) is 6.24. The first-order valence-electron chi connectivity index (χ1n) is 5.42. The van der Waals surface area contributed by atoms with Gasteiger partial charge in [0.1, 0.15) is 5.01 Å². The zero-order valence-electron chi connectivity index (χ0n) is 10.5. The van der Waals surface area contributed by atoms with Crippen molar-refractivity contribution in [2.45, 2.75) is 32.7 Å². The van der Waals surface area contributed by atoms with Gasteiger partial charge in [-0.1, -0.05) is 25.2 Å². The lowest BCUT2D eigenvalue weighted by molar-refractivity contribution is 0.173. The average molecular weight is 258 g/mol. The number of anilines is 1. The number of urea groups is 1. The number of nitrogens with one attached hydrogen (secondary N) is 2. The molecule has 1 aromatic rings. The minimum atomic E-state index is -0.291. The van der Waals surface area contributed by atoms with Gasteiger partial charge < -0.3 is 10.1 Å². The fourth-order valence-electron chi connectivity index (χ4n) is 1.17. The van der Waals surface area contributed by atoms with Crippen LogP contribution in [0.4, 0.5) is 9.93 Å². The summed E-state index contributed by atoms with van der Waals surface area (Å²) in [5, 5.41) is 14.7. The van der Waals surface area contributed by atoms with Crippen molar-refractivity contribution < 1.29 is 9.53 Å². The van der Waals surface area contributed by atoms with E-state index in [1.54, 1.807) is 7.11 Å². The Kier molecular flexibility index (Phi) is 5.30. The van der Waals surface area contributed by atoms with Crippen LogP contribution >= 0.6 is 11.3 Å².